The fourth-order valence-corrected chi connectivity index (χ4v) is 3.66. The summed E-state index contributed by atoms with van der Waals surface area (Å²) in [5.41, 5.74) is 0.504. The Balaban J connectivity index is 1.96. The Morgan fingerprint density at radius 3 is 2.67 bits per heavy atom. The molecule has 0 aromatic carbocycles. The predicted octanol–water partition coefficient (Wildman–Crippen LogP) is 1.80. The Kier molecular flexibility index (Phi) is 4.01. The number of rotatable bonds is 3. The lowest BCUT2D eigenvalue weighted by molar-refractivity contribution is 0.223. The molecule has 0 aliphatic heterocycles. The smallest absolute Gasteiger partial charge is 0.267 e. The normalized spacial score (nSPS) is 18.8. The van der Waals surface area contributed by atoms with Gasteiger partial charge in [-0.2, -0.15) is 17.7 Å². The number of hydrogen-bond acceptors (Lipinski definition) is 5. The predicted molar refractivity (Wildman–Crippen MR) is 84.6 cm³/mol. The number of nitrogens with zero attached hydrogens (tertiary/aromatic N) is 5. The molecule has 0 radical (unpaired) electrons. The summed E-state index contributed by atoms with van der Waals surface area (Å²) >= 11 is 4.56. The van der Waals surface area contributed by atoms with Crippen molar-refractivity contribution in [1.29, 1.82) is 0 Å². The van der Waals surface area contributed by atoms with Crippen LogP contribution in [0.2, 0.25) is 0 Å². The first kappa shape index (κ1) is 14.6. The molecule has 1 aliphatic rings. The molecule has 0 bridgehead atoms. The Morgan fingerprint density at radius 1 is 1.29 bits per heavy atom. The molecule has 6 nitrogen and oxygen atoms in total. The van der Waals surface area contributed by atoms with Crippen LogP contribution in [0.5, 0.6) is 0 Å². The Morgan fingerprint density at radius 2 is 2.00 bits per heavy atom. The van der Waals surface area contributed by atoms with Crippen LogP contribution in [0.3, 0.4) is 0 Å². The van der Waals surface area contributed by atoms with E-state index in [1.54, 1.807) is 17.9 Å². The molecule has 1 aliphatic carbocycles. The molecular weight excluding hydrogens is 286 g/mol. The fourth-order valence-electron chi connectivity index (χ4n) is 3.24. The van der Waals surface area contributed by atoms with Crippen LogP contribution in [0.15, 0.2) is 11.0 Å². The highest BCUT2D eigenvalue weighted by molar-refractivity contribution is 7.80. The van der Waals surface area contributed by atoms with Crippen LogP contribution < -0.4 is 5.56 Å². The van der Waals surface area contributed by atoms with Gasteiger partial charge in [0.05, 0.1) is 12.7 Å². The topological polar surface area (TPSA) is 65.6 Å². The third kappa shape index (κ3) is 2.71. The summed E-state index contributed by atoms with van der Waals surface area (Å²) in [6.07, 6.45) is 8.75. The lowest BCUT2D eigenvalue weighted by Gasteiger charge is -2.30. The van der Waals surface area contributed by atoms with Crippen LogP contribution in [-0.2, 0) is 13.6 Å². The van der Waals surface area contributed by atoms with E-state index in [1.165, 1.54) is 30.4 Å². The van der Waals surface area contributed by atoms with Crippen molar-refractivity contribution < 1.29 is 0 Å². The van der Waals surface area contributed by atoms with Gasteiger partial charge in [-0.1, -0.05) is 30.9 Å². The third-order valence-corrected chi connectivity index (χ3v) is 5.28. The second-order valence-corrected chi connectivity index (χ2v) is 6.45. The molecule has 1 saturated carbocycles. The van der Waals surface area contributed by atoms with Crippen LogP contribution in [0, 0.1) is 5.41 Å². The Labute approximate surface area is 128 Å². The molecule has 0 N–H and O–H groups in total. The zero-order chi connectivity index (χ0) is 14.9. The largest absolute Gasteiger partial charge is 0.280 e. The second-order valence-electron chi connectivity index (χ2n) is 6.13. The maximum absolute atomic E-state index is 12.5. The van der Waals surface area contributed by atoms with Gasteiger partial charge in [0.2, 0.25) is 0 Å². The highest BCUT2D eigenvalue weighted by Gasteiger charge is 2.31. The maximum Gasteiger partial charge on any atom is 0.280 e. The molecule has 1 fully saturated rings. The standard InChI is InChI=1S/C14H21N5OS/c1-18-12-11(8-15-18)13(20)19(17-16-12)9-14(10-21)6-4-2-3-5-7-14/h8,21H,2-7,9-10H2,1H3. The zero-order valence-corrected chi connectivity index (χ0v) is 13.2. The summed E-state index contributed by atoms with van der Waals surface area (Å²) in [7, 11) is 1.77. The summed E-state index contributed by atoms with van der Waals surface area (Å²) in [5, 5.41) is 12.9. The van der Waals surface area contributed by atoms with Crippen molar-refractivity contribution in [1.82, 2.24) is 24.8 Å². The molecule has 0 amide bonds. The molecule has 114 valence electrons. The van der Waals surface area contributed by atoms with E-state index in [2.05, 4.69) is 28.0 Å². The van der Waals surface area contributed by atoms with E-state index in [0.717, 1.165) is 18.6 Å². The minimum Gasteiger partial charge on any atom is -0.267 e. The van der Waals surface area contributed by atoms with E-state index >= 15 is 0 Å². The minimum absolute atomic E-state index is 0.0635. The molecule has 0 spiro atoms. The molecule has 3 rings (SSSR count). The van der Waals surface area contributed by atoms with E-state index in [4.69, 9.17) is 0 Å². The minimum atomic E-state index is -0.0986. The Hall–Kier alpha value is -1.37. The van der Waals surface area contributed by atoms with Crippen molar-refractivity contribution >= 4 is 23.7 Å². The number of fused-ring (bicyclic) bond motifs is 1. The molecule has 0 saturated heterocycles. The Bertz CT molecular complexity index is 684. The maximum atomic E-state index is 12.5. The van der Waals surface area contributed by atoms with Gasteiger partial charge in [-0.15, -0.1) is 5.10 Å². The molecule has 0 unspecified atom stereocenters. The van der Waals surface area contributed by atoms with Gasteiger partial charge in [0, 0.05) is 7.05 Å². The van der Waals surface area contributed by atoms with Crippen LogP contribution in [0.1, 0.15) is 38.5 Å². The van der Waals surface area contributed by atoms with Crippen LogP contribution in [0.4, 0.5) is 0 Å². The number of thiol groups is 1. The van der Waals surface area contributed by atoms with E-state index < -0.39 is 0 Å². The van der Waals surface area contributed by atoms with Gasteiger partial charge in [-0.05, 0) is 24.0 Å². The van der Waals surface area contributed by atoms with E-state index in [1.807, 2.05) is 0 Å². The van der Waals surface area contributed by atoms with Crippen LogP contribution in [0.25, 0.3) is 11.0 Å². The monoisotopic (exact) mass is 307 g/mol. The highest BCUT2D eigenvalue weighted by Crippen LogP contribution is 2.37. The zero-order valence-electron chi connectivity index (χ0n) is 12.3. The van der Waals surface area contributed by atoms with Crippen molar-refractivity contribution in [2.24, 2.45) is 12.5 Å². The highest BCUT2D eigenvalue weighted by atomic mass is 32.1. The van der Waals surface area contributed by atoms with Crippen molar-refractivity contribution in [3.63, 3.8) is 0 Å². The van der Waals surface area contributed by atoms with Gasteiger partial charge in [0.25, 0.3) is 5.56 Å². The number of hydrogen-bond donors (Lipinski definition) is 1. The van der Waals surface area contributed by atoms with Crippen molar-refractivity contribution in [2.75, 3.05) is 5.75 Å². The van der Waals surface area contributed by atoms with Gasteiger partial charge in [0.15, 0.2) is 5.65 Å². The van der Waals surface area contributed by atoms with E-state index in [9.17, 15) is 4.79 Å². The number of aryl methyl sites for hydroxylation is 1. The molecule has 0 atom stereocenters. The van der Waals surface area contributed by atoms with E-state index in [0.29, 0.717) is 17.6 Å². The molecule has 2 aromatic rings. The molecular formula is C14H21N5OS. The second kappa shape index (κ2) is 5.79. The summed E-state index contributed by atoms with van der Waals surface area (Å²) < 4.78 is 3.08. The lowest BCUT2D eigenvalue weighted by atomic mass is 9.82. The summed E-state index contributed by atoms with van der Waals surface area (Å²) in [6, 6.07) is 0. The summed E-state index contributed by atoms with van der Waals surface area (Å²) in [6.45, 7) is 0.604. The van der Waals surface area contributed by atoms with Crippen molar-refractivity contribution in [2.45, 2.75) is 45.1 Å². The lowest BCUT2D eigenvalue weighted by Crippen LogP contribution is -2.35. The third-order valence-electron chi connectivity index (χ3n) is 4.60. The first-order valence-corrected chi connectivity index (χ1v) is 8.15. The average molecular weight is 307 g/mol. The van der Waals surface area contributed by atoms with Gasteiger partial charge in [-0.3, -0.25) is 4.79 Å². The molecule has 21 heavy (non-hydrogen) atoms. The fraction of sp³-hybridized carbons (Fsp3) is 0.714. The average Bonchev–Trinajstić information content (AvgIpc) is 2.73. The quantitative estimate of drug-likeness (QED) is 0.693. The first-order chi connectivity index (χ1) is 10.2. The SMILES string of the molecule is Cn1ncc2c(=O)n(CC3(CS)CCCCCC3)nnc21. The van der Waals surface area contributed by atoms with Gasteiger partial charge in [0.1, 0.15) is 5.39 Å². The van der Waals surface area contributed by atoms with Gasteiger partial charge >= 0.3 is 0 Å². The van der Waals surface area contributed by atoms with Gasteiger partial charge < -0.3 is 0 Å². The van der Waals surface area contributed by atoms with Gasteiger partial charge in [-0.25, -0.2) is 9.36 Å². The van der Waals surface area contributed by atoms with Crippen molar-refractivity contribution in [3.8, 4) is 0 Å². The van der Waals surface area contributed by atoms with Crippen LogP contribution in [-0.4, -0.2) is 30.5 Å². The summed E-state index contributed by atoms with van der Waals surface area (Å²) in [4.78, 5) is 12.5. The van der Waals surface area contributed by atoms with Crippen LogP contribution >= 0.6 is 12.6 Å². The van der Waals surface area contributed by atoms with Crippen molar-refractivity contribution in [3.05, 3.63) is 16.6 Å². The molecule has 7 heteroatoms. The molecule has 2 aromatic heterocycles. The molecule has 2 heterocycles. The first-order valence-electron chi connectivity index (χ1n) is 7.52. The van der Waals surface area contributed by atoms with E-state index in [-0.39, 0.29) is 11.0 Å². The summed E-state index contributed by atoms with van der Waals surface area (Å²) in [5.74, 6) is 0.784. The number of aromatic nitrogens is 5.